The SMILES string of the molecule is N[C@H](Cc1cc(F)c(F)cc1F)C1CC2CCC(C1)N2C(=O)CNC(=O)C1(O)CC1. The number of amides is 2. The Kier molecular flexibility index (Phi) is 5.52. The quantitative estimate of drug-likeness (QED) is 0.600. The molecule has 2 bridgehead atoms. The van der Waals surface area contributed by atoms with Crippen LogP contribution in [-0.4, -0.2) is 52.1 Å². The number of nitrogens with one attached hydrogen (secondary N) is 1. The van der Waals surface area contributed by atoms with Gasteiger partial charge in [-0.25, -0.2) is 13.2 Å². The summed E-state index contributed by atoms with van der Waals surface area (Å²) in [6, 6.07) is 0.933. The second-order valence-corrected chi connectivity index (χ2v) is 8.86. The van der Waals surface area contributed by atoms with Gasteiger partial charge in [-0.05, 0) is 62.5 Å². The Hall–Kier alpha value is -2.13. The molecule has 6 nitrogen and oxygen atoms in total. The van der Waals surface area contributed by atoms with Crippen molar-refractivity contribution in [1.82, 2.24) is 10.2 Å². The Bertz CT molecular complexity index is 847. The van der Waals surface area contributed by atoms with E-state index in [-0.39, 0.29) is 42.4 Å². The molecule has 2 heterocycles. The molecule has 1 aromatic carbocycles. The lowest BCUT2D eigenvalue weighted by Crippen LogP contribution is -2.53. The average Bonchev–Trinajstić information content (AvgIpc) is 3.40. The van der Waals surface area contributed by atoms with E-state index in [0.29, 0.717) is 31.7 Å². The van der Waals surface area contributed by atoms with Crippen molar-refractivity contribution in [2.75, 3.05) is 6.54 Å². The van der Waals surface area contributed by atoms with E-state index >= 15 is 0 Å². The van der Waals surface area contributed by atoms with Crippen molar-refractivity contribution in [2.24, 2.45) is 11.7 Å². The fraction of sp³-hybridized carbons (Fsp3) is 0.619. The zero-order valence-corrected chi connectivity index (χ0v) is 16.5. The summed E-state index contributed by atoms with van der Waals surface area (Å²) in [4.78, 5) is 26.3. The van der Waals surface area contributed by atoms with Crippen LogP contribution in [0.5, 0.6) is 0 Å². The lowest BCUT2D eigenvalue weighted by atomic mass is 9.82. The molecule has 0 spiro atoms. The van der Waals surface area contributed by atoms with E-state index in [1.54, 1.807) is 4.90 Å². The minimum Gasteiger partial charge on any atom is -0.380 e. The van der Waals surface area contributed by atoms with Gasteiger partial charge in [-0.15, -0.1) is 0 Å². The minimum atomic E-state index is -1.31. The van der Waals surface area contributed by atoms with E-state index in [2.05, 4.69) is 5.32 Å². The third-order valence-electron chi connectivity index (χ3n) is 6.75. The van der Waals surface area contributed by atoms with Gasteiger partial charge < -0.3 is 21.1 Å². The molecule has 9 heteroatoms. The van der Waals surface area contributed by atoms with Gasteiger partial charge in [-0.1, -0.05) is 0 Å². The molecular weight excluding hydrogens is 399 g/mol. The van der Waals surface area contributed by atoms with Crippen LogP contribution >= 0.6 is 0 Å². The largest absolute Gasteiger partial charge is 0.380 e. The first-order chi connectivity index (χ1) is 14.2. The molecule has 4 rings (SSSR count). The van der Waals surface area contributed by atoms with Crippen LogP contribution in [0.25, 0.3) is 0 Å². The van der Waals surface area contributed by atoms with Gasteiger partial charge in [0.25, 0.3) is 5.91 Å². The summed E-state index contributed by atoms with van der Waals surface area (Å²) < 4.78 is 40.6. The van der Waals surface area contributed by atoms with Crippen molar-refractivity contribution in [2.45, 2.75) is 68.7 Å². The summed E-state index contributed by atoms with van der Waals surface area (Å²) in [7, 11) is 0. The van der Waals surface area contributed by atoms with E-state index < -0.39 is 35.0 Å². The van der Waals surface area contributed by atoms with Gasteiger partial charge in [-0.3, -0.25) is 9.59 Å². The van der Waals surface area contributed by atoms with E-state index in [1.165, 1.54) is 0 Å². The number of halogens is 3. The van der Waals surface area contributed by atoms with E-state index in [1.807, 2.05) is 0 Å². The molecule has 2 saturated heterocycles. The number of rotatable bonds is 6. The number of benzene rings is 1. The molecule has 1 aromatic rings. The number of hydrogen-bond acceptors (Lipinski definition) is 4. The molecule has 1 saturated carbocycles. The van der Waals surface area contributed by atoms with Crippen LogP contribution in [0.3, 0.4) is 0 Å². The second kappa shape index (κ2) is 7.85. The summed E-state index contributed by atoms with van der Waals surface area (Å²) in [6.07, 6.45) is 3.88. The first kappa shape index (κ1) is 21.1. The van der Waals surface area contributed by atoms with Gasteiger partial charge in [0.15, 0.2) is 11.6 Å². The molecule has 2 aliphatic heterocycles. The van der Waals surface area contributed by atoms with Crippen molar-refractivity contribution in [1.29, 1.82) is 0 Å². The highest BCUT2D eigenvalue weighted by atomic mass is 19.2. The molecule has 30 heavy (non-hydrogen) atoms. The van der Waals surface area contributed by atoms with Gasteiger partial charge in [0.05, 0.1) is 6.54 Å². The number of nitrogens with two attached hydrogens (primary N) is 1. The van der Waals surface area contributed by atoms with Crippen LogP contribution in [0, 0.1) is 23.4 Å². The molecule has 2 amide bonds. The highest BCUT2D eigenvalue weighted by molar-refractivity contribution is 5.91. The summed E-state index contributed by atoms with van der Waals surface area (Å²) >= 11 is 0. The number of hydrogen-bond donors (Lipinski definition) is 3. The number of carbonyl (C=O) groups excluding carboxylic acids is 2. The van der Waals surface area contributed by atoms with Crippen molar-refractivity contribution >= 4 is 11.8 Å². The normalized spacial score (nSPS) is 27.6. The number of piperidine rings is 1. The van der Waals surface area contributed by atoms with Gasteiger partial charge in [-0.2, -0.15) is 0 Å². The molecule has 3 aliphatic rings. The van der Waals surface area contributed by atoms with E-state index in [0.717, 1.165) is 18.9 Å². The Labute approximate surface area is 172 Å². The predicted octanol–water partition coefficient (Wildman–Crippen LogP) is 1.38. The second-order valence-electron chi connectivity index (χ2n) is 8.86. The summed E-state index contributed by atoms with van der Waals surface area (Å²) in [5.41, 5.74) is 5.03. The maximum atomic E-state index is 14.0. The summed E-state index contributed by atoms with van der Waals surface area (Å²) in [6.45, 7) is -0.148. The van der Waals surface area contributed by atoms with Crippen LogP contribution in [0.4, 0.5) is 13.2 Å². The lowest BCUT2D eigenvalue weighted by molar-refractivity contribution is -0.139. The van der Waals surface area contributed by atoms with Gasteiger partial charge in [0, 0.05) is 24.2 Å². The monoisotopic (exact) mass is 425 g/mol. The van der Waals surface area contributed by atoms with Crippen LogP contribution in [-0.2, 0) is 16.0 Å². The smallest absolute Gasteiger partial charge is 0.252 e. The predicted molar refractivity (Wildman–Crippen MR) is 102 cm³/mol. The zero-order valence-electron chi connectivity index (χ0n) is 16.5. The molecule has 3 fully saturated rings. The van der Waals surface area contributed by atoms with Crippen LogP contribution < -0.4 is 11.1 Å². The first-order valence-electron chi connectivity index (χ1n) is 10.4. The van der Waals surface area contributed by atoms with Crippen molar-refractivity contribution in [3.63, 3.8) is 0 Å². The van der Waals surface area contributed by atoms with Gasteiger partial charge in [0.1, 0.15) is 11.4 Å². The number of nitrogens with zero attached hydrogens (tertiary/aromatic N) is 1. The Morgan fingerprint density at radius 3 is 2.33 bits per heavy atom. The molecule has 3 atom stereocenters. The molecule has 0 aromatic heterocycles. The van der Waals surface area contributed by atoms with Crippen molar-refractivity contribution in [3.8, 4) is 0 Å². The van der Waals surface area contributed by atoms with E-state index in [4.69, 9.17) is 5.73 Å². The standard InChI is InChI=1S/C21H26F3N3O3/c22-15-9-17(24)16(23)7-11(15)8-18(25)12-5-13-1-2-14(6-12)27(13)19(28)10-26-20(29)21(30)3-4-21/h7,9,12-14,18,30H,1-6,8,10,25H2,(H,26,29)/t12?,13?,14?,18-/m1/s1. The minimum absolute atomic E-state index is 0.0111. The Balaban J connectivity index is 1.34. The van der Waals surface area contributed by atoms with Crippen LogP contribution in [0.2, 0.25) is 0 Å². The lowest BCUT2D eigenvalue weighted by Gasteiger charge is -2.41. The maximum absolute atomic E-state index is 14.0. The maximum Gasteiger partial charge on any atom is 0.252 e. The zero-order chi connectivity index (χ0) is 21.6. The fourth-order valence-electron chi connectivity index (χ4n) is 4.87. The highest BCUT2D eigenvalue weighted by Gasteiger charge is 2.49. The van der Waals surface area contributed by atoms with Crippen LogP contribution in [0.15, 0.2) is 12.1 Å². The Morgan fingerprint density at radius 2 is 1.73 bits per heavy atom. The van der Waals surface area contributed by atoms with Gasteiger partial charge in [0.2, 0.25) is 5.91 Å². The fourth-order valence-corrected chi connectivity index (χ4v) is 4.87. The molecule has 2 unspecified atom stereocenters. The number of aliphatic hydroxyl groups is 1. The number of fused-ring (bicyclic) bond motifs is 2. The molecular formula is C21H26F3N3O3. The van der Waals surface area contributed by atoms with E-state index in [9.17, 15) is 27.9 Å². The summed E-state index contributed by atoms with van der Waals surface area (Å²) in [5, 5.41) is 12.3. The third-order valence-corrected chi connectivity index (χ3v) is 6.75. The first-order valence-corrected chi connectivity index (χ1v) is 10.4. The Morgan fingerprint density at radius 1 is 1.13 bits per heavy atom. The molecule has 4 N–H and O–H groups in total. The molecule has 164 valence electrons. The molecule has 1 aliphatic carbocycles. The number of carbonyl (C=O) groups is 2. The highest BCUT2D eigenvalue weighted by Crippen LogP contribution is 2.40. The van der Waals surface area contributed by atoms with Crippen molar-refractivity contribution < 1.29 is 27.9 Å². The van der Waals surface area contributed by atoms with Crippen molar-refractivity contribution in [3.05, 3.63) is 35.1 Å². The molecule has 0 radical (unpaired) electrons. The average molecular weight is 425 g/mol. The van der Waals surface area contributed by atoms with Crippen LogP contribution in [0.1, 0.15) is 44.1 Å². The summed E-state index contributed by atoms with van der Waals surface area (Å²) in [5.74, 6) is -3.80. The van der Waals surface area contributed by atoms with Gasteiger partial charge >= 0.3 is 0 Å². The third kappa shape index (κ3) is 4.05. The topological polar surface area (TPSA) is 95.7 Å².